The average Bonchev–Trinajstić information content (AvgIpc) is 3.02. The summed E-state index contributed by atoms with van der Waals surface area (Å²) in [6.07, 6.45) is 0.842. The molecule has 130 valence electrons. The molecule has 1 aliphatic rings. The number of para-hydroxylation sites is 1. The van der Waals surface area contributed by atoms with Gasteiger partial charge < -0.3 is 10.2 Å². The van der Waals surface area contributed by atoms with Crippen molar-refractivity contribution in [3.63, 3.8) is 0 Å². The maximum Gasteiger partial charge on any atom is 0.251 e. The van der Waals surface area contributed by atoms with Crippen molar-refractivity contribution in [3.8, 4) is 0 Å². The van der Waals surface area contributed by atoms with E-state index < -0.39 is 6.04 Å². The van der Waals surface area contributed by atoms with Crippen LogP contribution in [0.25, 0.3) is 0 Å². The first-order valence-corrected chi connectivity index (χ1v) is 8.81. The highest BCUT2D eigenvalue weighted by atomic mass is 35.5. The van der Waals surface area contributed by atoms with E-state index in [-0.39, 0.29) is 17.7 Å². The number of halogens is 1. The summed E-state index contributed by atoms with van der Waals surface area (Å²) in [5.74, 6) is -0.388. The second-order valence-electron chi connectivity index (χ2n) is 6.57. The highest BCUT2D eigenvalue weighted by molar-refractivity contribution is 6.31. The Hall–Kier alpha value is -2.33. The predicted molar refractivity (Wildman–Crippen MR) is 100 cm³/mol. The molecule has 1 heterocycles. The van der Waals surface area contributed by atoms with Crippen molar-refractivity contribution in [2.75, 3.05) is 11.4 Å². The van der Waals surface area contributed by atoms with E-state index in [1.807, 2.05) is 38.1 Å². The van der Waals surface area contributed by atoms with E-state index in [0.717, 1.165) is 12.1 Å². The molecule has 0 saturated heterocycles. The van der Waals surface area contributed by atoms with Crippen molar-refractivity contribution >= 4 is 29.1 Å². The zero-order valence-corrected chi connectivity index (χ0v) is 15.1. The number of carbonyl (C=O) groups is 2. The monoisotopic (exact) mass is 356 g/mol. The average molecular weight is 357 g/mol. The third kappa shape index (κ3) is 3.69. The molecule has 2 aromatic carbocycles. The van der Waals surface area contributed by atoms with Gasteiger partial charge in [-0.15, -0.1) is 0 Å². The Morgan fingerprint density at radius 3 is 2.60 bits per heavy atom. The van der Waals surface area contributed by atoms with E-state index >= 15 is 0 Å². The molecule has 2 amide bonds. The summed E-state index contributed by atoms with van der Waals surface area (Å²) >= 11 is 5.96. The fourth-order valence-electron chi connectivity index (χ4n) is 3.10. The summed E-state index contributed by atoms with van der Waals surface area (Å²) in [4.78, 5) is 27.4. The number of anilines is 1. The Morgan fingerprint density at radius 2 is 1.88 bits per heavy atom. The molecule has 1 atom stereocenters. The smallest absolute Gasteiger partial charge is 0.251 e. The topological polar surface area (TPSA) is 49.4 Å². The number of carbonyl (C=O) groups excluding carboxylic acids is 2. The number of nitrogens with zero attached hydrogens (tertiary/aromatic N) is 1. The molecular weight excluding hydrogens is 336 g/mol. The standard InChI is InChI=1S/C20H21ClN2O2/c1-13(2)18(22-19(24)15-7-5-8-16(21)12-15)20(25)23-11-10-14-6-3-4-9-17(14)23/h3-9,12-13,18H,10-11H2,1-2H3,(H,22,24)/t18-/m0/s1. The van der Waals surface area contributed by atoms with E-state index in [9.17, 15) is 9.59 Å². The zero-order chi connectivity index (χ0) is 18.0. The first-order valence-electron chi connectivity index (χ1n) is 8.43. The Kier molecular flexibility index (Phi) is 5.09. The van der Waals surface area contributed by atoms with E-state index in [4.69, 9.17) is 11.6 Å². The van der Waals surface area contributed by atoms with Gasteiger partial charge in [0.1, 0.15) is 6.04 Å². The normalized spacial score (nSPS) is 14.3. The predicted octanol–water partition coefficient (Wildman–Crippen LogP) is 3.68. The largest absolute Gasteiger partial charge is 0.340 e. The molecule has 1 N–H and O–H groups in total. The van der Waals surface area contributed by atoms with Gasteiger partial charge in [-0.25, -0.2) is 0 Å². The van der Waals surface area contributed by atoms with Crippen molar-refractivity contribution in [3.05, 3.63) is 64.7 Å². The van der Waals surface area contributed by atoms with Gasteiger partial charge in [0.05, 0.1) is 0 Å². The van der Waals surface area contributed by atoms with Crippen LogP contribution in [0.5, 0.6) is 0 Å². The lowest BCUT2D eigenvalue weighted by molar-refractivity contribution is -0.121. The van der Waals surface area contributed by atoms with Gasteiger partial charge in [0.25, 0.3) is 5.91 Å². The van der Waals surface area contributed by atoms with Crippen molar-refractivity contribution < 1.29 is 9.59 Å². The number of amides is 2. The van der Waals surface area contributed by atoms with Gasteiger partial charge in [-0.1, -0.05) is 49.7 Å². The molecule has 0 radical (unpaired) electrons. The molecule has 1 aliphatic heterocycles. The van der Waals surface area contributed by atoms with Crippen LogP contribution in [0.15, 0.2) is 48.5 Å². The van der Waals surface area contributed by atoms with E-state index in [1.165, 1.54) is 5.56 Å². The molecule has 0 unspecified atom stereocenters. The molecule has 2 aromatic rings. The summed E-state index contributed by atoms with van der Waals surface area (Å²) in [5, 5.41) is 3.37. The Bertz CT molecular complexity index is 804. The van der Waals surface area contributed by atoms with Gasteiger partial charge in [-0.05, 0) is 42.2 Å². The van der Waals surface area contributed by atoms with Crippen LogP contribution in [0.3, 0.4) is 0 Å². The van der Waals surface area contributed by atoms with Crippen LogP contribution in [0.4, 0.5) is 5.69 Å². The molecule has 4 nitrogen and oxygen atoms in total. The van der Waals surface area contributed by atoms with Crippen molar-refractivity contribution in [1.82, 2.24) is 5.32 Å². The molecule has 0 aliphatic carbocycles. The minimum atomic E-state index is -0.586. The molecule has 0 spiro atoms. The first kappa shape index (κ1) is 17.5. The highest BCUT2D eigenvalue weighted by Gasteiger charge is 2.32. The third-order valence-electron chi connectivity index (χ3n) is 4.46. The van der Waals surface area contributed by atoms with Gasteiger partial charge in [0.2, 0.25) is 5.91 Å². The first-order chi connectivity index (χ1) is 12.0. The molecule has 3 rings (SSSR count). The molecule has 0 saturated carbocycles. The molecule has 5 heteroatoms. The molecule has 25 heavy (non-hydrogen) atoms. The van der Waals surface area contributed by atoms with E-state index in [1.54, 1.807) is 29.2 Å². The van der Waals surface area contributed by atoms with Crippen LogP contribution in [-0.2, 0) is 11.2 Å². The van der Waals surface area contributed by atoms with Crippen LogP contribution in [0.2, 0.25) is 5.02 Å². The Balaban J connectivity index is 1.80. The fourth-order valence-corrected chi connectivity index (χ4v) is 3.29. The third-order valence-corrected chi connectivity index (χ3v) is 4.69. The van der Waals surface area contributed by atoms with Gasteiger partial charge in [0, 0.05) is 22.8 Å². The number of rotatable bonds is 4. The minimum absolute atomic E-state index is 0.0246. The summed E-state index contributed by atoms with van der Waals surface area (Å²) < 4.78 is 0. The van der Waals surface area contributed by atoms with Crippen LogP contribution in [0.1, 0.15) is 29.8 Å². The Morgan fingerprint density at radius 1 is 1.12 bits per heavy atom. The second kappa shape index (κ2) is 7.28. The number of benzene rings is 2. The molecule has 0 bridgehead atoms. The SMILES string of the molecule is CC(C)[C@H](NC(=O)c1cccc(Cl)c1)C(=O)N1CCc2ccccc21. The van der Waals surface area contributed by atoms with Crippen molar-refractivity contribution in [2.45, 2.75) is 26.3 Å². The van der Waals surface area contributed by atoms with Crippen molar-refractivity contribution in [2.24, 2.45) is 5.92 Å². The maximum absolute atomic E-state index is 13.1. The molecular formula is C20H21ClN2O2. The highest BCUT2D eigenvalue weighted by Crippen LogP contribution is 2.28. The number of fused-ring (bicyclic) bond motifs is 1. The molecule has 0 aromatic heterocycles. The van der Waals surface area contributed by atoms with Gasteiger partial charge >= 0.3 is 0 Å². The summed E-state index contributed by atoms with van der Waals surface area (Å²) in [6, 6.07) is 14.0. The number of hydrogen-bond donors (Lipinski definition) is 1. The number of hydrogen-bond acceptors (Lipinski definition) is 2. The van der Waals surface area contributed by atoms with Crippen molar-refractivity contribution in [1.29, 1.82) is 0 Å². The lowest BCUT2D eigenvalue weighted by Crippen LogP contribution is -2.51. The minimum Gasteiger partial charge on any atom is -0.340 e. The summed E-state index contributed by atoms with van der Waals surface area (Å²) in [5.41, 5.74) is 2.56. The van der Waals surface area contributed by atoms with Crippen LogP contribution >= 0.6 is 11.6 Å². The summed E-state index contributed by atoms with van der Waals surface area (Å²) in [7, 11) is 0. The second-order valence-corrected chi connectivity index (χ2v) is 7.01. The van der Waals surface area contributed by atoms with Gasteiger partial charge in [0.15, 0.2) is 0 Å². The van der Waals surface area contributed by atoms with Gasteiger partial charge in [-0.2, -0.15) is 0 Å². The fraction of sp³-hybridized carbons (Fsp3) is 0.300. The molecule has 0 fully saturated rings. The quantitative estimate of drug-likeness (QED) is 0.908. The van der Waals surface area contributed by atoms with Crippen LogP contribution in [-0.4, -0.2) is 24.4 Å². The van der Waals surface area contributed by atoms with Gasteiger partial charge in [-0.3, -0.25) is 9.59 Å². The van der Waals surface area contributed by atoms with E-state index in [2.05, 4.69) is 5.32 Å². The summed E-state index contributed by atoms with van der Waals surface area (Å²) in [6.45, 7) is 4.51. The number of nitrogens with one attached hydrogen (secondary N) is 1. The Labute approximate surface area is 152 Å². The maximum atomic E-state index is 13.1. The lowest BCUT2D eigenvalue weighted by atomic mass is 10.0. The van der Waals surface area contributed by atoms with E-state index in [0.29, 0.717) is 17.1 Å². The lowest BCUT2D eigenvalue weighted by Gasteiger charge is -2.27. The van der Waals surface area contributed by atoms with Crippen LogP contribution in [0, 0.1) is 5.92 Å². The zero-order valence-electron chi connectivity index (χ0n) is 14.3. The van der Waals surface area contributed by atoms with Crippen LogP contribution < -0.4 is 10.2 Å².